The van der Waals surface area contributed by atoms with E-state index in [0.717, 1.165) is 6.42 Å². The van der Waals surface area contributed by atoms with E-state index in [1.807, 2.05) is 13.8 Å². The van der Waals surface area contributed by atoms with Gasteiger partial charge in [-0.25, -0.2) is 8.42 Å². The van der Waals surface area contributed by atoms with Gasteiger partial charge in [-0.1, -0.05) is 18.5 Å². The van der Waals surface area contributed by atoms with E-state index in [-0.39, 0.29) is 16.0 Å². The van der Waals surface area contributed by atoms with Gasteiger partial charge in [-0.15, -0.1) is 0 Å². The van der Waals surface area contributed by atoms with Crippen molar-refractivity contribution < 1.29 is 13.2 Å². The summed E-state index contributed by atoms with van der Waals surface area (Å²) >= 11 is 5.80. The van der Waals surface area contributed by atoms with E-state index in [1.54, 1.807) is 0 Å². The summed E-state index contributed by atoms with van der Waals surface area (Å²) in [5, 5.41) is 0.0656. The van der Waals surface area contributed by atoms with Gasteiger partial charge >= 0.3 is 0 Å². The van der Waals surface area contributed by atoms with Crippen LogP contribution in [0.25, 0.3) is 0 Å². The summed E-state index contributed by atoms with van der Waals surface area (Å²) in [5.74, 6) is 0.531. The quantitative estimate of drug-likeness (QED) is 0.795. The highest BCUT2D eigenvalue weighted by Crippen LogP contribution is 2.29. The molecule has 6 heteroatoms. The zero-order valence-electron chi connectivity index (χ0n) is 8.91. The van der Waals surface area contributed by atoms with Crippen LogP contribution in [0, 0.1) is 0 Å². The van der Waals surface area contributed by atoms with E-state index in [0.29, 0.717) is 5.75 Å². The Hall–Kier alpha value is -0.450. The second kappa shape index (κ2) is 5.25. The van der Waals surface area contributed by atoms with Crippen molar-refractivity contribution in [2.45, 2.75) is 31.3 Å². The van der Waals surface area contributed by atoms with Crippen molar-refractivity contribution in [3.8, 4) is 5.75 Å². The zero-order chi connectivity index (χ0) is 12.3. The van der Waals surface area contributed by atoms with Gasteiger partial charge in [0.1, 0.15) is 10.6 Å². The molecule has 1 aromatic carbocycles. The van der Waals surface area contributed by atoms with Crippen LogP contribution in [0.3, 0.4) is 0 Å². The SMILES string of the molecule is CC[C@H](C)Oc1ccc(S(=O)(=O)Cl)c(Cl)c1. The molecule has 16 heavy (non-hydrogen) atoms. The Bertz CT molecular complexity index is 471. The molecular weight excluding hydrogens is 271 g/mol. The molecule has 0 aliphatic rings. The van der Waals surface area contributed by atoms with Crippen LogP contribution in [0.5, 0.6) is 5.75 Å². The number of hydrogen-bond donors (Lipinski definition) is 0. The summed E-state index contributed by atoms with van der Waals surface area (Å²) in [6.07, 6.45) is 0.905. The van der Waals surface area contributed by atoms with Crippen molar-refractivity contribution >= 4 is 31.3 Å². The maximum atomic E-state index is 11.1. The largest absolute Gasteiger partial charge is 0.491 e. The average Bonchev–Trinajstić information content (AvgIpc) is 2.15. The number of rotatable bonds is 4. The smallest absolute Gasteiger partial charge is 0.262 e. The molecular formula is C10H12Cl2O3S. The summed E-state index contributed by atoms with van der Waals surface area (Å²) in [7, 11) is 1.40. The van der Waals surface area contributed by atoms with Crippen LogP contribution in [-0.4, -0.2) is 14.5 Å². The van der Waals surface area contributed by atoms with Gasteiger partial charge in [0.05, 0.1) is 11.1 Å². The van der Waals surface area contributed by atoms with E-state index in [2.05, 4.69) is 0 Å². The summed E-state index contributed by atoms with van der Waals surface area (Å²) in [6, 6.07) is 4.32. The summed E-state index contributed by atoms with van der Waals surface area (Å²) < 4.78 is 27.7. The molecule has 0 saturated heterocycles. The first-order chi connectivity index (χ1) is 7.34. The minimum atomic E-state index is -3.80. The van der Waals surface area contributed by atoms with Gasteiger partial charge < -0.3 is 4.74 Å². The molecule has 1 aromatic rings. The van der Waals surface area contributed by atoms with Gasteiger partial charge in [-0.3, -0.25) is 0 Å². The summed E-state index contributed by atoms with van der Waals surface area (Å²) in [6.45, 7) is 3.91. The van der Waals surface area contributed by atoms with Crippen LogP contribution >= 0.6 is 22.3 Å². The van der Waals surface area contributed by atoms with Crippen molar-refractivity contribution in [1.82, 2.24) is 0 Å². The monoisotopic (exact) mass is 282 g/mol. The average molecular weight is 283 g/mol. The van der Waals surface area contributed by atoms with E-state index in [1.165, 1.54) is 18.2 Å². The van der Waals surface area contributed by atoms with E-state index >= 15 is 0 Å². The Balaban J connectivity index is 3.01. The van der Waals surface area contributed by atoms with Gasteiger partial charge in [-0.2, -0.15) is 0 Å². The Morgan fingerprint density at radius 2 is 2.06 bits per heavy atom. The molecule has 0 N–H and O–H groups in total. The van der Waals surface area contributed by atoms with Crippen LogP contribution in [0.15, 0.2) is 23.1 Å². The predicted octanol–water partition coefficient (Wildman–Crippen LogP) is 3.44. The second-order valence-corrected chi connectivity index (χ2v) is 6.31. The number of benzene rings is 1. The van der Waals surface area contributed by atoms with Crippen molar-refractivity contribution in [2.24, 2.45) is 0 Å². The lowest BCUT2D eigenvalue weighted by Gasteiger charge is -2.13. The van der Waals surface area contributed by atoms with Crippen molar-refractivity contribution in [3.05, 3.63) is 23.2 Å². The third-order valence-corrected chi connectivity index (χ3v) is 3.88. The minimum absolute atomic E-state index is 0.0505. The highest BCUT2D eigenvalue weighted by atomic mass is 35.7. The topological polar surface area (TPSA) is 43.4 Å². The Kier molecular flexibility index (Phi) is 4.47. The maximum absolute atomic E-state index is 11.1. The summed E-state index contributed by atoms with van der Waals surface area (Å²) in [5.41, 5.74) is 0. The predicted molar refractivity (Wildman–Crippen MR) is 64.9 cm³/mol. The molecule has 0 saturated carbocycles. The molecule has 0 unspecified atom stereocenters. The molecule has 0 fully saturated rings. The number of halogens is 2. The lowest BCUT2D eigenvalue weighted by atomic mass is 10.3. The van der Waals surface area contributed by atoms with Crippen LogP contribution in [-0.2, 0) is 9.05 Å². The number of ether oxygens (including phenoxy) is 1. The first-order valence-corrected chi connectivity index (χ1v) is 7.44. The van der Waals surface area contributed by atoms with Crippen LogP contribution in [0.1, 0.15) is 20.3 Å². The Labute approximate surface area is 105 Å². The molecule has 0 spiro atoms. The van der Waals surface area contributed by atoms with E-state index in [9.17, 15) is 8.42 Å². The lowest BCUT2D eigenvalue weighted by Crippen LogP contribution is -2.09. The molecule has 0 amide bonds. The van der Waals surface area contributed by atoms with Crippen molar-refractivity contribution in [2.75, 3.05) is 0 Å². The molecule has 0 bridgehead atoms. The third-order valence-electron chi connectivity index (χ3n) is 2.08. The van der Waals surface area contributed by atoms with Crippen LogP contribution in [0.2, 0.25) is 5.02 Å². The molecule has 0 radical (unpaired) electrons. The molecule has 1 rings (SSSR count). The number of hydrogen-bond acceptors (Lipinski definition) is 3. The first-order valence-electron chi connectivity index (χ1n) is 4.75. The van der Waals surface area contributed by atoms with E-state index < -0.39 is 9.05 Å². The maximum Gasteiger partial charge on any atom is 0.262 e. The first kappa shape index (κ1) is 13.6. The minimum Gasteiger partial charge on any atom is -0.491 e. The second-order valence-electron chi connectivity index (χ2n) is 3.37. The molecule has 0 aliphatic heterocycles. The lowest BCUT2D eigenvalue weighted by molar-refractivity contribution is 0.217. The third kappa shape index (κ3) is 3.54. The Morgan fingerprint density at radius 1 is 1.44 bits per heavy atom. The van der Waals surface area contributed by atoms with E-state index in [4.69, 9.17) is 27.0 Å². The fourth-order valence-electron chi connectivity index (χ4n) is 1.07. The highest BCUT2D eigenvalue weighted by Gasteiger charge is 2.15. The molecule has 90 valence electrons. The summed E-state index contributed by atoms with van der Waals surface area (Å²) in [4.78, 5) is -0.104. The molecule has 0 aliphatic carbocycles. The normalized spacial score (nSPS) is 13.5. The fraction of sp³-hybridized carbons (Fsp3) is 0.400. The molecule has 0 heterocycles. The van der Waals surface area contributed by atoms with Crippen molar-refractivity contribution in [3.63, 3.8) is 0 Å². The van der Waals surface area contributed by atoms with Crippen molar-refractivity contribution in [1.29, 1.82) is 0 Å². The molecule has 0 aromatic heterocycles. The zero-order valence-corrected chi connectivity index (χ0v) is 11.2. The van der Waals surface area contributed by atoms with Gasteiger partial charge in [-0.05, 0) is 25.5 Å². The highest BCUT2D eigenvalue weighted by molar-refractivity contribution is 8.13. The van der Waals surface area contributed by atoms with Gasteiger partial charge in [0.25, 0.3) is 9.05 Å². The van der Waals surface area contributed by atoms with Gasteiger partial charge in [0.2, 0.25) is 0 Å². The van der Waals surface area contributed by atoms with Crippen LogP contribution in [0.4, 0.5) is 0 Å². The standard InChI is InChI=1S/C10H12Cl2O3S/c1-3-7(2)15-8-4-5-10(9(11)6-8)16(12,13)14/h4-7H,3H2,1-2H3/t7-/m0/s1. The fourth-order valence-corrected chi connectivity index (χ4v) is 2.59. The van der Waals surface area contributed by atoms with Gasteiger partial charge in [0.15, 0.2) is 0 Å². The van der Waals surface area contributed by atoms with Gasteiger partial charge in [0, 0.05) is 16.7 Å². The Morgan fingerprint density at radius 3 is 2.50 bits per heavy atom. The molecule has 1 atom stereocenters. The van der Waals surface area contributed by atoms with Crippen LogP contribution < -0.4 is 4.74 Å². The molecule has 3 nitrogen and oxygen atoms in total.